The Morgan fingerprint density at radius 3 is 2.76 bits per heavy atom. The van der Waals surface area contributed by atoms with Gasteiger partial charge in [-0.15, -0.1) is 0 Å². The molecule has 6 heteroatoms. The van der Waals surface area contributed by atoms with Crippen LogP contribution in [0, 0.1) is 19.8 Å². The largest absolute Gasteiger partial charge is 0.353 e. The molecule has 0 radical (unpaired) electrons. The summed E-state index contributed by atoms with van der Waals surface area (Å²) in [7, 11) is 0. The summed E-state index contributed by atoms with van der Waals surface area (Å²) in [6.45, 7) is 6.55. The molecule has 0 bridgehead atoms. The molecule has 178 valence electrons. The minimum Gasteiger partial charge on any atom is -0.353 e. The Kier molecular flexibility index (Phi) is 6.81. The van der Waals surface area contributed by atoms with Crippen LogP contribution in [0.25, 0.3) is 5.65 Å². The summed E-state index contributed by atoms with van der Waals surface area (Å²) in [6.07, 6.45) is 16.8. The van der Waals surface area contributed by atoms with Crippen molar-refractivity contribution in [3.05, 3.63) is 40.9 Å². The summed E-state index contributed by atoms with van der Waals surface area (Å²) >= 11 is 0. The summed E-state index contributed by atoms with van der Waals surface area (Å²) in [4.78, 5) is 20.0. The van der Waals surface area contributed by atoms with E-state index in [9.17, 15) is 4.79 Å². The Balaban J connectivity index is 1.29. The van der Waals surface area contributed by atoms with Gasteiger partial charge in [-0.05, 0) is 83.2 Å². The summed E-state index contributed by atoms with van der Waals surface area (Å²) in [5.74, 6) is 0.942. The number of nitrogens with one attached hydrogen (secondary N) is 1. The molecule has 2 fully saturated rings. The number of hydrogen-bond donors (Lipinski definition) is 1. The van der Waals surface area contributed by atoms with E-state index >= 15 is 0 Å². The zero-order valence-corrected chi connectivity index (χ0v) is 20.4. The van der Waals surface area contributed by atoms with Crippen molar-refractivity contribution in [2.45, 2.75) is 96.6 Å². The number of nitrogens with zero attached hydrogens (tertiary/aromatic N) is 4. The molecule has 2 aromatic rings. The topological polar surface area (TPSA) is 62.5 Å². The molecule has 5 rings (SSSR count). The molecule has 1 aliphatic heterocycles. The van der Waals surface area contributed by atoms with Crippen LogP contribution in [-0.4, -0.2) is 44.5 Å². The van der Waals surface area contributed by atoms with Crippen LogP contribution in [-0.2, 0) is 11.2 Å². The highest BCUT2D eigenvalue weighted by molar-refractivity contribution is 5.76. The first-order chi connectivity index (χ1) is 16.1. The SMILES string of the molecule is Cc1nc2cc([C@H]3CCCN3C[C@@H]3CC=CCC3)nn2c(C)c1CCC(=O)NC1CCCC1. The molecule has 3 aliphatic rings. The van der Waals surface area contributed by atoms with Gasteiger partial charge in [0.05, 0.1) is 11.7 Å². The molecular formula is C27H39N5O. The van der Waals surface area contributed by atoms with Gasteiger partial charge in [0.2, 0.25) is 5.91 Å². The molecule has 1 saturated carbocycles. The van der Waals surface area contributed by atoms with Gasteiger partial charge in [0, 0.05) is 36.5 Å². The van der Waals surface area contributed by atoms with E-state index in [0.29, 0.717) is 18.5 Å². The molecule has 2 aliphatic carbocycles. The minimum atomic E-state index is 0.168. The maximum atomic E-state index is 12.5. The van der Waals surface area contributed by atoms with E-state index in [1.807, 2.05) is 4.52 Å². The number of hydrogen-bond acceptors (Lipinski definition) is 4. The Bertz CT molecular complexity index is 1020. The summed E-state index contributed by atoms with van der Waals surface area (Å²) < 4.78 is 2.02. The van der Waals surface area contributed by atoms with Crippen molar-refractivity contribution >= 4 is 11.6 Å². The van der Waals surface area contributed by atoms with Crippen molar-refractivity contribution in [3.8, 4) is 0 Å². The fourth-order valence-corrected chi connectivity index (χ4v) is 6.21. The Labute approximate surface area is 197 Å². The van der Waals surface area contributed by atoms with Crippen LogP contribution in [0.15, 0.2) is 18.2 Å². The maximum absolute atomic E-state index is 12.5. The highest BCUT2D eigenvalue weighted by atomic mass is 16.1. The third kappa shape index (κ3) is 5.01. The molecule has 1 N–H and O–H groups in total. The number of carbonyl (C=O) groups is 1. The van der Waals surface area contributed by atoms with Gasteiger partial charge in [-0.25, -0.2) is 9.50 Å². The normalized spacial score (nSPS) is 24.2. The Morgan fingerprint density at radius 2 is 1.97 bits per heavy atom. The van der Waals surface area contributed by atoms with Crippen LogP contribution in [0.5, 0.6) is 0 Å². The lowest BCUT2D eigenvalue weighted by atomic mass is 9.93. The van der Waals surface area contributed by atoms with E-state index in [1.54, 1.807) is 0 Å². The zero-order chi connectivity index (χ0) is 22.8. The average Bonchev–Trinajstić information content (AvgIpc) is 3.55. The fraction of sp³-hybridized carbons (Fsp3) is 0.667. The number of likely N-dealkylation sites (tertiary alicyclic amines) is 1. The second-order valence-corrected chi connectivity index (χ2v) is 10.5. The second-order valence-electron chi connectivity index (χ2n) is 10.5. The van der Waals surface area contributed by atoms with Crippen LogP contribution >= 0.6 is 0 Å². The molecule has 1 saturated heterocycles. The first kappa shape index (κ1) is 22.6. The predicted molar refractivity (Wildman–Crippen MR) is 131 cm³/mol. The molecule has 2 atom stereocenters. The standard InChI is InChI=1S/C27H39N5O/c1-19-23(14-15-27(33)29-22-11-6-7-12-22)20(2)32-26(28-19)17-24(30-32)25-13-8-16-31(25)18-21-9-4-3-5-10-21/h3-4,17,21-22,25H,5-16,18H2,1-2H3,(H,29,33)/t21-,25-/m1/s1. The average molecular weight is 450 g/mol. The lowest BCUT2D eigenvalue weighted by Crippen LogP contribution is -2.32. The number of aromatic nitrogens is 3. The lowest BCUT2D eigenvalue weighted by molar-refractivity contribution is -0.121. The van der Waals surface area contributed by atoms with Crippen molar-refractivity contribution in [2.24, 2.45) is 5.92 Å². The minimum absolute atomic E-state index is 0.168. The Morgan fingerprint density at radius 1 is 1.12 bits per heavy atom. The summed E-state index contributed by atoms with van der Waals surface area (Å²) in [5.41, 5.74) is 5.41. The number of carbonyl (C=O) groups excluding carboxylic acids is 1. The van der Waals surface area contributed by atoms with Crippen LogP contribution in [0.2, 0.25) is 0 Å². The van der Waals surface area contributed by atoms with Crippen LogP contribution in [0.4, 0.5) is 0 Å². The molecule has 6 nitrogen and oxygen atoms in total. The number of aryl methyl sites for hydroxylation is 2. The summed E-state index contributed by atoms with van der Waals surface area (Å²) in [6, 6.07) is 2.98. The molecular weight excluding hydrogens is 410 g/mol. The molecule has 1 amide bonds. The van der Waals surface area contributed by atoms with Gasteiger partial charge in [-0.3, -0.25) is 9.69 Å². The number of amides is 1. The van der Waals surface area contributed by atoms with Gasteiger partial charge in [0.25, 0.3) is 0 Å². The van der Waals surface area contributed by atoms with Gasteiger partial charge in [0.15, 0.2) is 5.65 Å². The number of rotatable bonds is 7. The van der Waals surface area contributed by atoms with Crippen LogP contribution < -0.4 is 5.32 Å². The van der Waals surface area contributed by atoms with E-state index < -0.39 is 0 Å². The Hall–Kier alpha value is -2.21. The quantitative estimate of drug-likeness (QED) is 0.615. The van der Waals surface area contributed by atoms with Crippen molar-refractivity contribution in [1.29, 1.82) is 0 Å². The van der Waals surface area contributed by atoms with Crippen molar-refractivity contribution in [2.75, 3.05) is 13.1 Å². The monoisotopic (exact) mass is 449 g/mol. The van der Waals surface area contributed by atoms with E-state index in [0.717, 1.165) is 53.5 Å². The highest BCUT2D eigenvalue weighted by Crippen LogP contribution is 2.34. The molecule has 0 aromatic carbocycles. The molecule has 33 heavy (non-hydrogen) atoms. The van der Waals surface area contributed by atoms with Gasteiger partial charge >= 0.3 is 0 Å². The smallest absolute Gasteiger partial charge is 0.220 e. The van der Waals surface area contributed by atoms with Crippen LogP contribution in [0.3, 0.4) is 0 Å². The first-order valence-electron chi connectivity index (χ1n) is 13.1. The second kappa shape index (κ2) is 9.96. The van der Waals surface area contributed by atoms with E-state index in [1.165, 1.54) is 58.0 Å². The first-order valence-corrected chi connectivity index (χ1v) is 13.1. The third-order valence-electron chi connectivity index (χ3n) is 8.08. The third-order valence-corrected chi connectivity index (χ3v) is 8.08. The van der Waals surface area contributed by atoms with E-state index in [-0.39, 0.29) is 5.91 Å². The molecule has 2 aromatic heterocycles. The highest BCUT2D eigenvalue weighted by Gasteiger charge is 2.30. The van der Waals surface area contributed by atoms with Gasteiger partial charge in [0.1, 0.15) is 0 Å². The number of allylic oxidation sites excluding steroid dienone is 2. The zero-order valence-electron chi connectivity index (χ0n) is 20.4. The van der Waals surface area contributed by atoms with E-state index in [2.05, 4.69) is 42.3 Å². The fourth-order valence-electron chi connectivity index (χ4n) is 6.21. The van der Waals surface area contributed by atoms with Gasteiger partial charge < -0.3 is 5.32 Å². The van der Waals surface area contributed by atoms with Crippen molar-refractivity contribution < 1.29 is 4.79 Å². The predicted octanol–water partition coefficient (Wildman–Crippen LogP) is 4.83. The molecule has 3 heterocycles. The van der Waals surface area contributed by atoms with Gasteiger partial charge in [-0.1, -0.05) is 25.0 Å². The van der Waals surface area contributed by atoms with Crippen molar-refractivity contribution in [3.63, 3.8) is 0 Å². The lowest BCUT2D eigenvalue weighted by Gasteiger charge is -2.28. The van der Waals surface area contributed by atoms with Gasteiger partial charge in [-0.2, -0.15) is 5.10 Å². The van der Waals surface area contributed by atoms with E-state index in [4.69, 9.17) is 10.1 Å². The van der Waals surface area contributed by atoms with Crippen LogP contribution in [0.1, 0.15) is 92.9 Å². The molecule has 0 spiro atoms. The molecule has 0 unspecified atom stereocenters. The summed E-state index contributed by atoms with van der Waals surface area (Å²) in [5, 5.41) is 8.26. The maximum Gasteiger partial charge on any atom is 0.220 e. The number of fused-ring (bicyclic) bond motifs is 1. The van der Waals surface area contributed by atoms with Crippen molar-refractivity contribution in [1.82, 2.24) is 24.8 Å².